The van der Waals surface area contributed by atoms with Gasteiger partial charge in [-0.25, -0.2) is 4.99 Å². The second-order valence-electron chi connectivity index (χ2n) is 5.32. The van der Waals surface area contributed by atoms with Crippen molar-refractivity contribution < 1.29 is 0 Å². The molecule has 0 aliphatic carbocycles. The molecule has 0 saturated heterocycles. The molecule has 0 saturated carbocycles. The van der Waals surface area contributed by atoms with Gasteiger partial charge in [0, 0.05) is 18.6 Å². The lowest BCUT2D eigenvalue weighted by atomic mass is 10.00. The maximum Gasteiger partial charge on any atom is 0.0910 e. The van der Waals surface area contributed by atoms with Crippen molar-refractivity contribution in [1.29, 1.82) is 0 Å². The fourth-order valence-corrected chi connectivity index (χ4v) is 2.52. The van der Waals surface area contributed by atoms with Crippen molar-refractivity contribution >= 4 is 35.2 Å². The lowest BCUT2D eigenvalue weighted by Crippen LogP contribution is -2.14. The zero-order chi connectivity index (χ0) is 16.1. The minimum atomic E-state index is 0.661. The highest BCUT2D eigenvalue weighted by molar-refractivity contribution is 6.33. The van der Waals surface area contributed by atoms with Gasteiger partial charge in [-0.1, -0.05) is 41.4 Å². The Kier molecular flexibility index (Phi) is 5.87. The molecule has 0 unspecified atom stereocenters. The minimum Gasteiger partial charge on any atom is -0.366 e. The molecule has 4 heteroatoms. The number of aliphatic imine (C=N–C) groups is 1. The van der Waals surface area contributed by atoms with E-state index in [0.29, 0.717) is 5.02 Å². The van der Waals surface area contributed by atoms with Crippen molar-refractivity contribution in [2.24, 2.45) is 4.99 Å². The van der Waals surface area contributed by atoms with Gasteiger partial charge in [0.15, 0.2) is 0 Å². The molecule has 2 nitrogen and oxygen atoms in total. The summed E-state index contributed by atoms with van der Waals surface area (Å²) < 4.78 is 0. The first-order valence-electron chi connectivity index (χ1n) is 7.28. The highest BCUT2D eigenvalue weighted by atomic mass is 35.5. The Morgan fingerprint density at radius 3 is 2.50 bits per heavy atom. The Morgan fingerprint density at radius 2 is 1.82 bits per heavy atom. The van der Waals surface area contributed by atoms with Crippen LogP contribution in [0.1, 0.15) is 23.6 Å². The van der Waals surface area contributed by atoms with Crippen LogP contribution in [0.5, 0.6) is 0 Å². The van der Waals surface area contributed by atoms with Crippen molar-refractivity contribution in [2.75, 3.05) is 13.6 Å². The van der Waals surface area contributed by atoms with Gasteiger partial charge in [0.1, 0.15) is 0 Å². The molecule has 2 rings (SSSR count). The van der Waals surface area contributed by atoms with Crippen molar-refractivity contribution in [1.82, 2.24) is 4.90 Å². The Balaban J connectivity index is 2.27. The molecule has 0 aliphatic rings. The summed E-state index contributed by atoms with van der Waals surface area (Å²) in [6, 6.07) is 11.9. The Hall–Kier alpha value is -1.51. The van der Waals surface area contributed by atoms with Crippen LogP contribution in [0.2, 0.25) is 10.0 Å². The molecule has 0 atom stereocenters. The van der Waals surface area contributed by atoms with Crippen molar-refractivity contribution in [3.05, 3.63) is 63.1 Å². The van der Waals surface area contributed by atoms with E-state index in [1.54, 1.807) is 6.34 Å². The molecule has 0 spiro atoms. The molecular weight excluding hydrogens is 315 g/mol. The molecule has 0 bridgehead atoms. The first-order chi connectivity index (χ1) is 10.5. The van der Waals surface area contributed by atoms with Crippen molar-refractivity contribution in [3.8, 4) is 0 Å². The Bertz CT molecular complexity index is 681. The lowest BCUT2D eigenvalue weighted by molar-refractivity contribution is 0.552. The van der Waals surface area contributed by atoms with Gasteiger partial charge < -0.3 is 4.90 Å². The third kappa shape index (κ3) is 4.25. The number of hydrogen-bond acceptors (Lipinski definition) is 1. The molecule has 0 radical (unpaired) electrons. The number of hydrogen-bond donors (Lipinski definition) is 0. The summed E-state index contributed by atoms with van der Waals surface area (Å²) in [4.78, 5) is 6.45. The highest BCUT2D eigenvalue weighted by Crippen LogP contribution is 2.30. The molecule has 22 heavy (non-hydrogen) atoms. The van der Waals surface area contributed by atoms with Crippen LogP contribution in [0, 0.1) is 6.92 Å². The highest BCUT2D eigenvalue weighted by Gasteiger charge is 2.08. The van der Waals surface area contributed by atoms with E-state index in [2.05, 4.69) is 18.8 Å². The third-order valence-corrected chi connectivity index (χ3v) is 4.31. The quantitative estimate of drug-likeness (QED) is 0.520. The smallest absolute Gasteiger partial charge is 0.0910 e. The van der Waals surface area contributed by atoms with Crippen LogP contribution in [0.4, 0.5) is 5.69 Å². The molecule has 0 N–H and O–H groups in total. The van der Waals surface area contributed by atoms with E-state index in [-0.39, 0.29) is 0 Å². The predicted molar refractivity (Wildman–Crippen MR) is 96.9 cm³/mol. The van der Waals surface area contributed by atoms with E-state index in [1.807, 2.05) is 48.3 Å². The summed E-state index contributed by atoms with van der Waals surface area (Å²) in [7, 11) is 1.98. The van der Waals surface area contributed by atoms with E-state index in [1.165, 1.54) is 5.56 Å². The number of halogens is 2. The summed E-state index contributed by atoms with van der Waals surface area (Å²) >= 11 is 12.6. The van der Waals surface area contributed by atoms with Crippen LogP contribution >= 0.6 is 23.2 Å². The molecule has 2 aromatic carbocycles. The number of aryl methyl sites for hydroxylation is 1. The second-order valence-corrected chi connectivity index (χ2v) is 6.13. The van der Waals surface area contributed by atoms with Gasteiger partial charge in [-0.2, -0.15) is 0 Å². The van der Waals surface area contributed by atoms with Gasteiger partial charge in [-0.05, 0) is 55.2 Å². The van der Waals surface area contributed by atoms with Crippen molar-refractivity contribution in [2.45, 2.75) is 20.3 Å². The van der Waals surface area contributed by atoms with Gasteiger partial charge >= 0.3 is 0 Å². The van der Waals surface area contributed by atoms with E-state index in [9.17, 15) is 0 Å². The number of benzene rings is 2. The average Bonchev–Trinajstić information content (AvgIpc) is 2.51. The summed E-state index contributed by atoms with van der Waals surface area (Å²) in [6.45, 7) is 5.06. The maximum absolute atomic E-state index is 6.37. The second kappa shape index (κ2) is 7.66. The SMILES string of the molecule is CCN(C)C=Nc1cc(C)c(Cc2ccccc2Cl)cc1Cl. The molecule has 0 aromatic heterocycles. The molecular formula is C18H20Cl2N2. The van der Waals surface area contributed by atoms with Crippen LogP contribution in [-0.4, -0.2) is 24.8 Å². The third-order valence-electron chi connectivity index (χ3n) is 3.64. The zero-order valence-electron chi connectivity index (χ0n) is 13.1. The van der Waals surface area contributed by atoms with Crippen molar-refractivity contribution in [3.63, 3.8) is 0 Å². The normalized spacial score (nSPS) is 11.1. The zero-order valence-corrected chi connectivity index (χ0v) is 14.6. The van der Waals surface area contributed by atoms with E-state index in [4.69, 9.17) is 23.2 Å². The largest absolute Gasteiger partial charge is 0.366 e. The van der Waals surface area contributed by atoms with E-state index < -0.39 is 0 Å². The van der Waals surface area contributed by atoms with Crippen LogP contribution < -0.4 is 0 Å². The van der Waals surface area contributed by atoms with Gasteiger partial charge in [-0.3, -0.25) is 0 Å². The first kappa shape index (κ1) is 16.9. The topological polar surface area (TPSA) is 15.6 Å². The Labute approximate surface area is 142 Å². The van der Waals surface area contributed by atoms with Gasteiger partial charge in [-0.15, -0.1) is 0 Å². The molecule has 2 aromatic rings. The minimum absolute atomic E-state index is 0.661. The first-order valence-corrected chi connectivity index (χ1v) is 8.03. The number of rotatable bonds is 5. The monoisotopic (exact) mass is 334 g/mol. The van der Waals surface area contributed by atoms with Crippen LogP contribution in [0.3, 0.4) is 0 Å². The Morgan fingerprint density at radius 1 is 1.09 bits per heavy atom. The fourth-order valence-electron chi connectivity index (χ4n) is 2.09. The maximum atomic E-state index is 6.37. The lowest BCUT2D eigenvalue weighted by Gasteiger charge is -2.11. The summed E-state index contributed by atoms with van der Waals surface area (Å²) in [5.74, 6) is 0. The summed E-state index contributed by atoms with van der Waals surface area (Å²) in [5, 5.41) is 1.44. The summed E-state index contributed by atoms with van der Waals surface area (Å²) in [6.07, 6.45) is 2.57. The van der Waals surface area contributed by atoms with Crippen LogP contribution in [0.15, 0.2) is 41.4 Å². The average molecular weight is 335 g/mol. The van der Waals surface area contributed by atoms with Gasteiger partial charge in [0.2, 0.25) is 0 Å². The van der Waals surface area contributed by atoms with Gasteiger partial charge in [0.25, 0.3) is 0 Å². The molecule has 0 aliphatic heterocycles. The summed E-state index contributed by atoms with van der Waals surface area (Å²) in [5.41, 5.74) is 4.23. The molecule has 0 amide bonds. The fraction of sp³-hybridized carbons (Fsp3) is 0.278. The molecule has 116 valence electrons. The standard InChI is InChI=1S/C18H20Cl2N2/c1-4-22(3)12-21-18-9-13(2)15(11-17(18)20)10-14-7-5-6-8-16(14)19/h5-9,11-12H,4,10H2,1-3H3. The van der Waals surface area contributed by atoms with Crippen LogP contribution in [0.25, 0.3) is 0 Å². The molecule has 0 heterocycles. The predicted octanol–water partition coefficient (Wildman–Crippen LogP) is 5.50. The van der Waals surface area contributed by atoms with Gasteiger partial charge in [0.05, 0.1) is 17.0 Å². The van der Waals surface area contributed by atoms with E-state index in [0.717, 1.165) is 34.8 Å². The number of nitrogens with zero attached hydrogens (tertiary/aromatic N) is 2. The van der Waals surface area contributed by atoms with Crippen LogP contribution in [-0.2, 0) is 6.42 Å². The molecule has 0 fully saturated rings. The van der Waals surface area contributed by atoms with E-state index >= 15 is 0 Å².